The van der Waals surface area contributed by atoms with Crippen molar-refractivity contribution in [3.05, 3.63) is 0 Å². The lowest BCUT2D eigenvalue weighted by atomic mass is 10.0. The molecule has 0 radical (unpaired) electrons. The van der Waals surface area contributed by atoms with Crippen molar-refractivity contribution >= 4 is 12.0 Å². The van der Waals surface area contributed by atoms with E-state index in [1.165, 1.54) is 0 Å². The molecule has 2 amide bonds. The van der Waals surface area contributed by atoms with Gasteiger partial charge in [0.1, 0.15) is 0 Å². The number of amides is 2. The summed E-state index contributed by atoms with van der Waals surface area (Å²) < 4.78 is 0. The van der Waals surface area contributed by atoms with Gasteiger partial charge >= 0.3 is 6.09 Å². The van der Waals surface area contributed by atoms with Gasteiger partial charge in [0.05, 0.1) is 0 Å². The Morgan fingerprint density at radius 3 is 2.31 bits per heavy atom. The molecule has 1 unspecified atom stereocenters. The highest BCUT2D eigenvalue weighted by Crippen LogP contribution is 2.07. The van der Waals surface area contributed by atoms with Crippen molar-refractivity contribution < 1.29 is 14.7 Å². The maximum absolute atomic E-state index is 10.6. The third-order valence-electron chi connectivity index (χ3n) is 1.53. The van der Waals surface area contributed by atoms with Crippen LogP contribution in [-0.2, 0) is 4.79 Å². The van der Waals surface area contributed by atoms with E-state index in [0.717, 1.165) is 0 Å². The molecule has 0 aromatic rings. The van der Waals surface area contributed by atoms with Crippen molar-refractivity contribution in [3.8, 4) is 0 Å². The number of hydrogen-bond donors (Lipinski definition) is 3. The molecule has 0 aliphatic heterocycles. The van der Waals surface area contributed by atoms with Crippen molar-refractivity contribution in [3.63, 3.8) is 0 Å². The quantitative estimate of drug-likeness (QED) is 0.588. The SMILES string of the molecule is CC(C)CC(CC(N)=O)NC(=O)O. The predicted octanol–water partition coefficient (Wildman–Crippen LogP) is 0.544. The second-order valence-corrected chi connectivity index (χ2v) is 3.45. The number of primary amides is 1. The molecule has 13 heavy (non-hydrogen) atoms. The molecule has 76 valence electrons. The summed E-state index contributed by atoms with van der Waals surface area (Å²) in [6, 6.07) is -0.366. The molecule has 0 rings (SSSR count). The molecule has 5 nitrogen and oxygen atoms in total. The Morgan fingerprint density at radius 2 is 2.00 bits per heavy atom. The summed E-state index contributed by atoms with van der Waals surface area (Å²) in [7, 11) is 0. The Morgan fingerprint density at radius 1 is 1.46 bits per heavy atom. The summed E-state index contributed by atoms with van der Waals surface area (Å²) >= 11 is 0. The molecular formula is C8H16N2O3. The molecule has 4 N–H and O–H groups in total. The minimum absolute atomic E-state index is 0.0600. The van der Waals surface area contributed by atoms with Gasteiger partial charge in [-0.2, -0.15) is 0 Å². The Bertz CT molecular complexity index is 176. The maximum Gasteiger partial charge on any atom is 0.404 e. The molecule has 0 bridgehead atoms. The van der Waals surface area contributed by atoms with E-state index in [0.29, 0.717) is 12.3 Å². The monoisotopic (exact) mass is 188 g/mol. The maximum atomic E-state index is 10.6. The van der Waals surface area contributed by atoms with Crippen molar-refractivity contribution in [2.24, 2.45) is 11.7 Å². The van der Waals surface area contributed by atoms with Crippen LogP contribution in [0.3, 0.4) is 0 Å². The topological polar surface area (TPSA) is 92.4 Å². The average Bonchev–Trinajstić information content (AvgIpc) is 1.80. The number of nitrogens with two attached hydrogens (primary N) is 1. The highest BCUT2D eigenvalue weighted by atomic mass is 16.4. The lowest BCUT2D eigenvalue weighted by Crippen LogP contribution is -2.37. The minimum Gasteiger partial charge on any atom is -0.465 e. The molecule has 0 spiro atoms. The highest BCUT2D eigenvalue weighted by Gasteiger charge is 2.15. The minimum atomic E-state index is -1.12. The lowest BCUT2D eigenvalue weighted by molar-refractivity contribution is -0.118. The zero-order valence-corrected chi connectivity index (χ0v) is 7.91. The van der Waals surface area contributed by atoms with Crippen LogP contribution >= 0.6 is 0 Å². The van der Waals surface area contributed by atoms with Crippen LogP contribution in [0.15, 0.2) is 0 Å². The van der Waals surface area contributed by atoms with Gasteiger partial charge in [-0.15, -0.1) is 0 Å². The number of carbonyl (C=O) groups is 2. The van der Waals surface area contributed by atoms with E-state index in [9.17, 15) is 9.59 Å². The van der Waals surface area contributed by atoms with Crippen LogP contribution in [0.1, 0.15) is 26.7 Å². The molecule has 0 fully saturated rings. The Kier molecular flexibility index (Phi) is 4.87. The predicted molar refractivity (Wildman–Crippen MR) is 48.2 cm³/mol. The first-order valence-corrected chi connectivity index (χ1v) is 4.19. The number of carbonyl (C=O) groups excluding carboxylic acids is 1. The van der Waals surface area contributed by atoms with Crippen LogP contribution in [0.2, 0.25) is 0 Å². The Hall–Kier alpha value is -1.26. The van der Waals surface area contributed by atoms with Gasteiger partial charge < -0.3 is 16.2 Å². The highest BCUT2D eigenvalue weighted by molar-refractivity contribution is 5.75. The molecule has 0 aliphatic carbocycles. The lowest BCUT2D eigenvalue weighted by Gasteiger charge is -2.16. The fraction of sp³-hybridized carbons (Fsp3) is 0.750. The summed E-state index contributed by atoms with van der Waals surface area (Å²) in [5.74, 6) is -0.157. The van der Waals surface area contributed by atoms with Gasteiger partial charge in [0.2, 0.25) is 5.91 Å². The molecule has 0 saturated heterocycles. The van der Waals surface area contributed by atoms with Crippen molar-refractivity contribution in [2.45, 2.75) is 32.7 Å². The first kappa shape index (κ1) is 11.7. The van der Waals surface area contributed by atoms with E-state index >= 15 is 0 Å². The third-order valence-corrected chi connectivity index (χ3v) is 1.53. The van der Waals surface area contributed by atoms with Gasteiger partial charge in [-0.1, -0.05) is 13.8 Å². The number of hydrogen-bond acceptors (Lipinski definition) is 2. The first-order valence-electron chi connectivity index (χ1n) is 4.19. The van der Waals surface area contributed by atoms with Crippen LogP contribution < -0.4 is 11.1 Å². The van der Waals surface area contributed by atoms with Gasteiger partial charge in [-0.3, -0.25) is 4.79 Å². The van der Waals surface area contributed by atoms with Crippen molar-refractivity contribution in [1.82, 2.24) is 5.32 Å². The summed E-state index contributed by atoms with van der Waals surface area (Å²) in [6.45, 7) is 3.91. The summed E-state index contributed by atoms with van der Waals surface area (Å²) in [5, 5.41) is 10.7. The summed E-state index contributed by atoms with van der Waals surface area (Å²) in [5.41, 5.74) is 4.97. The van der Waals surface area contributed by atoms with E-state index in [-0.39, 0.29) is 12.5 Å². The van der Waals surface area contributed by atoms with Crippen molar-refractivity contribution in [2.75, 3.05) is 0 Å². The molecule has 0 aliphatic rings. The fourth-order valence-electron chi connectivity index (χ4n) is 1.18. The van der Waals surface area contributed by atoms with Gasteiger partial charge in [0.15, 0.2) is 0 Å². The average molecular weight is 188 g/mol. The van der Waals surface area contributed by atoms with Crippen molar-refractivity contribution in [1.29, 1.82) is 0 Å². The molecule has 0 heterocycles. The van der Waals surface area contributed by atoms with Crippen LogP contribution in [0, 0.1) is 5.92 Å². The van der Waals surface area contributed by atoms with Crippen LogP contribution in [-0.4, -0.2) is 23.1 Å². The van der Waals surface area contributed by atoms with Crippen LogP contribution in [0.4, 0.5) is 4.79 Å². The standard InChI is InChI=1S/C8H16N2O3/c1-5(2)3-6(4-7(9)11)10-8(12)13/h5-6,10H,3-4H2,1-2H3,(H2,9,11)(H,12,13). The second-order valence-electron chi connectivity index (χ2n) is 3.45. The first-order chi connectivity index (χ1) is 5.91. The van der Waals surface area contributed by atoms with Gasteiger partial charge in [-0.05, 0) is 12.3 Å². The van der Waals surface area contributed by atoms with Crippen LogP contribution in [0.5, 0.6) is 0 Å². The number of carboxylic acid groups (broad SMARTS) is 1. The molecule has 0 saturated carbocycles. The van der Waals surface area contributed by atoms with Gasteiger partial charge in [-0.25, -0.2) is 4.79 Å². The Balaban J connectivity index is 4.02. The second kappa shape index (κ2) is 5.40. The van der Waals surface area contributed by atoms with E-state index in [1.807, 2.05) is 13.8 Å². The van der Waals surface area contributed by atoms with Crippen LogP contribution in [0.25, 0.3) is 0 Å². The van der Waals surface area contributed by atoms with Gasteiger partial charge in [0, 0.05) is 12.5 Å². The van der Waals surface area contributed by atoms with E-state index in [4.69, 9.17) is 10.8 Å². The molecular weight excluding hydrogens is 172 g/mol. The number of nitrogens with one attached hydrogen (secondary N) is 1. The molecule has 5 heteroatoms. The summed E-state index contributed by atoms with van der Waals surface area (Å²) in [6.07, 6.45) is -0.438. The third kappa shape index (κ3) is 7.11. The number of rotatable bonds is 5. The van der Waals surface area contributed by atoms with E-state index in [1.54, 1.807) is 0 Å². The molecule has 0 aromatic heterocycles. The van der Waals surface area contributed by atoms with E-state index < -0.39 is 12.0 Å². The summed E-state index contributed by atoms with van der Waals surface area (Å²) in [4.78, 5) is 20.9. The zero-order valence-electron chi connectivity index (χ0n) is 7.91. The molecule has 0 aromatic carbocycles. The van der Waals surface area contributed by atoms with E-state index in [2.05, 4.69) is 5.32 Å². The molecule has 1 atom stereocenters. The fourth-order valence-corrected chi connectivity index (χ4v) is 1.18. The zero-order chi connectivity index (χ0) is 10.4. The largest absolute Gasteiger partial charge is 0.465 e. The van der Waals surface area contributed by atoms with Gasteiger partial charge in [0.25, 0.3) is 0 Å². The Labute approximate surface area is 77.3 Å². The normalized spacial score (nSPS) is 12.5. The smallest absolute Gasteiger partial charge is 0.404 e.